The lowest BCUT2D eigenvalue weighted by molar-refractivity contribution is 0.0633. The summed E-state index contributed by atoms with van der Waals surface area (Å²) in [5.74, 6) is 0.141. The Morgan fingerprint density at radius 3 is 2.63 bits per heavy atom. The van der Waals surface area contributed by atoms with Gasteiger partial charge >= 0.3 is 0 Å². The van der Waals surface area contributed by atoms with Crippen LogP contribution in [-0.2, 0) is 21.9 Å². The molecule has 1 aromatic carbocycles. The summed E-state index contributed by atoms with van der Waals surface area (Å²) in [6.07, 6.45) is 5.45. The molecule has 2 heterocycles. The molecule has 9 heteroatoms. The number of likely N-dealkylation sites (tertiary alicyclic amines) is 1. The number of aromatic nitrogens is 2. The summed E-state index contributed by atoms with van der Waals surface area (Å²) in [7, 11) is -3.78. The predicted octanol–water partition coefficient (Wildman–Crippen LogP) is 0.826. The quantitative estimate of drug-likeness (QED) is 0.784. The number of benzene rings is 1. The maximum absolute atomic E-state index is 13.0. The highest BCUT2D eigenvalue weighted by Gasteiger charge is 2.44. The van der Waals surface area contributed by atoms with Crippen molar-refractivity contribution in [3.63, 3.8) is 0 Å². The Kier molecular flexibility index (Phi) is 4.15. The van der Waals surface area contributed by atoms with Crippen molar-refractivity contribution in [2.75, 3.05) is 18.8 Å². The number of amides is 1. The van der Waals surface area contributed by atoms with Crippen LogP contribution in [0, 0.1) is 0 Å². The molecule has 2 aromatic rings. The number of fused-ring (bicyclic) bond motifs is 2. The zero-order chi connectivity index (χ0) is 19.2. The van der Waals surface area contributed by atoms with Crippen LogP contribution in [0.3, 0.4) is 0 Å². The molecule has 0 radical (unpaired) electrons. The van der Waals surface area contributed by atoms with E-state index in [1.807, 2.05) is 4.90 Å². The normalized spacial score (nSPS) is 22.0. The fraction of sp³-hybridized carbons (Fsp3) is 0.389. The molecule has 1 saturated heterocycles. The number of primary sulfonamides is 1. The van der Waals surface area contributed by atoms with Crippen LogP contribution in [-0.4, -0.2) is 42.3 Å². The summed E-state index contributed by atoms with van der Waals surface area (Å²) in [6, 6.07) is 5.74. The third-order valence-electron chi connectivity index (χ3n) is 5.55. The van der Waals surface area contributed by atoms with E-state index >= 15 is 0 Å². The van der Waals surface area contributed by atoms with Crippen LogP contribution >= 0.6 is 0 Å². The first-order chi connectivity index (χ1) is 12.8. The summed E-state index contributed by atoms with van der Waals surface area (Å²) >= 11 is 0. The fourth-order valence-corrected chi connectivity index (χ4v) is 4.74. The van der Waals surface area contributed by atoms with Gasteiger partial charge in [0.2, 0.25) is 16.0 Å². The summed E-state index contributed by atoms with van der Waals surface area (Å²) < 4.78 is 22.8. The van der Waals surface area contributed by atoms with Crippen LogP contribution < -0.4 is 10.9 Å². The van der Waals surface area contributed by atoms with E-state index in [9.17, 15) is 13.2 Å². The third kappa shape index (κ3) is 3.17. The van der Waals surface area contributed by atoms with Crippen LogP contribution in [0.15, 0.2) is 35.4 Å². The molecule has 4 rings (SSSR count). The molecule has 1 amide bonds. The Bertz CT molecular complexity index is 1000. The predicted molar refractivity (Wildman–Crippen MR) is 99.4 cm³/mol. The molecule has 1 atom stereocenters. The largest absolute Gasteiger partial charge is 0.368 e. The van der Waals surface area contributed by atoms with Crippen LogP contribution in [0.2, 0.25) is 0 Å². The van der Waals surface area contributed by atoms with Gasteiger partial charge in [0, 0.05) is 30.3 Å². The number of nitrogen functional groups attached to an aromatic ring is 1. The van der Waals surface area contributed by atoms with Crippen molar-refractivity contribution in [2.24, 2.45) is 5.14 Å². The lowest BCUT2D eigenvalue weighted by Crippen LogP contribution is -2.48. The highest BCUT2D eigenvalue weighted by atomic mass is 32.2. The molecule has 142 valence electrons. The minimum Gasteiger partial charge on any atom is -0.368 e. The topological polar surface area (TPSA) is 132 Å². The molecular weight excluding hydrogens is 366 g/mol. The average molecular weight is 387 g/mol. The second-order valence-corrected chi connectivity index (χ2v) is 8.84. The molecule has 4 N–H and O–H groups in total. The van der Waals surface area contributed by atoms with Crippen LogP contribution in [0.25, 0.3) is 0 Å². The lowest BCUT2D eigenvalue weighted by atomic mass is 9.77. The standard InChI is InChI=1S/C18H21N5O3S/c19-17-21-10-13-6-8-18(15(13)22-17)7-1-9-23(11-18)16(24)12-2-4-14(5-3-12)27(20,25)26/h2-5,10H,1,6-9,11H2,(H2,19,21,22)(H2,20,25,26). The molecule has 27 heavy (non-hydrogen) atoms. The molecule has 8 nitrogen and oxygen atoms in total. The van der Waals surface area contributed by atoms with Crippen LogP contribution in [0.5, 0.6) is 0 Å². The van der Waals surface area contributed by atoms with Gasteiger partial charge in [-0.25, -0.2) is 23.5 Å². The minimum atomic E-state index is -3.78. The van der Waals surface area contributed by atoms with Crippen molar-refractivity contribution >= 4 is 21.9 Å². The first-order valence-electron chi connectivity index (χ1n) is 8.83. The lowest BCUT2D eigenvalue weighted by Gasteiger charge is -2.40. The average Bonchev–Trinajstić information content (AvgIpc) is 2.98. The van der Waals surface area contributed by atoms with E-state index in [1.54, 1.807) is 6.20 Å². The molecule has 0 saturated carbocycles. The number of carbonyl (C=O) groups excluding carboxylic acids is 1. The van der Waals surface area contributed by atoms with Crippen molar-refractivity contribution < 1.29 is 13.2 Å². The summed E-state index contributed by atoms with van der Waals surface area (Å²) in [6.45, 7) is 1.24. The SMILES string of the molecule is Nc1ncc2c(n1)C1(CCCN(C(=O)c3ccc(S(N)(=O)=O)cc3)C1)CC2. The van der Waals surface area contributed by atoms with E-state index in [4.69, 9.17) is 10.9 Å². The van der Waals surface area contributed by atoms with Gasteiger partial charge in [-0.1, -0.05) is 0 Å². The Labute approximate surface area is 157 Å². The molecule has 1 aliphatic carbocycles. The van der Waals surface area contributed by atoms with Crippen molar-refractivity contribution in [1.82, 2.24) is 14.9 Å². The van der Waals surface area contributed by atoms with Gasteiger partial charge < -0.3 is 10.6 Å². The molecule has 1 aliphatic heterocycles. The van der Waals surface area contributed by atoms with Gasteiger partial charge in [-0.05, 0) is 55.5 Å². The maximum Gasteiger partial charge on any atom is 0.253 e. The first-order valence-corrected chi connectivity index (χ1v) is 10.4. The molecule has 1 fully saturated rings. The number of nitrogens with zero attached hydrogens (tertiary/aromatic N) is 3. The van der Waals surface area contributed by atoms with Crippen molar-refractivity contribution in [3.8, 4) is 0 Å². The van der Waals surface area contributed by atoms with Crippen molar-refractivity contribution in [1.29, 1.82) is 0 Å². The Hall–Kier alpha value is -2.52. The minimum absolute atomic E-state index is 0.00828. The second-order valence-electron chi connectivity index (χ2n) is 7.28. The Morgan fingerprint density at radius 2 is 1.93 bits per heavy atom. The van der Waals surface area contributed by atoms with Gasteiger partial charge in [0.15, 0.2) is 0 Å². The van der Waals surface area contributed by atoms with E-state index in [-0.39, 0.29) is 22.2 Å². The molecule has 1 spiro atoms. The van der Waals surface area contributed by atoms with Crippen molar-refractivity contribution in [3.05, 3.63) is 47.3 Å². The zero-order valence-electron chi connectivity index (χ0n) is 14.8. The van der Waals surface area contributed by atoms with Crippen LogP contribution in [0.1, 0.15) is 40.9 Å². The zero-order valence-corrected chi connectivity index (χ0v) is 15.6. The number of hydrogen-bond acceptors (Lipinski definition) is 6. The molecule has 2 aliphatic rings. The van der Waals surface area contributed by atoms with Crippen LogP contribution in [0.4, 0.5) is 5.95 Å². The third-order valence-corrected chi connectivity index (χ3v) is 6.48. The number of carbonyl (C=O) groups is 1. The van der Waals surface area contributed by atoms with Gasteiger partial charge in [0.25, 0.3) is 5.91 Å². The van der Waals surface area contributed by atoms with E-state index in [0.29, 0.717) is 18.7 Å². The second kappa shape index (κ2) is 6.28. The number of sulfonamides is 1. The molecule has 0 bridgehead atoms. The van der Waals surface area contributed by atoms with Gasteiger partial charge in [0.1, 0.15) is 0 Å². The number of rotatable bonds is 2. The number of piperidine rings is 1. The molecule has 1 unspecified atom stereocenters. The first kappa shape index (κ1) is 17.9. The summed E-state index contributed by atoms with van der Waals surface area (Å²) in [4.78, 5) is 23.4. The Balaban J connectivity index is 1.59. The van der Waals surface area contributed by atoms with Gasteiger partial charge in [-0.3, -0.25) is 4.79 Å². The fourth-order valence-electron chi connectivity index (χ4n) is 4.23. The monoisotopic (exact) mass is 387 g/mol. The van der Waals surface area contributed by atoms with E-state index < -0.39 is 10.0 Å². The highest BCUT2D eigenvalue weighted by Crippen LogP contribution is 2.44. The van der Waals surface area contributed by atoms with Gasteiger partial charge in [0.05, 0.1) is 10.6 Å². The number of nitrogens with two attached hydrogens (primary N) is 2. The Morgan fingerprint density at radius 1 is 1.19 bits per heavy atom. The van der Waals surface area contributed by atoms with Crippen molar-refractivity contribution in [2.45, 2.75) is 36.0 Å². The summed E-state index contributed by atoms with van der Waals surface area (Å²) in [5, 5.41) is 5.12. The molecule has 1 aromatic heterocycles. The number of anilines is 1. The summed E-state index contributed by atoms with van der Waals surface area (Å²) in [5.41, 5.74) is 8.14. The van der Waals surface area contributed by atoms with E-state index in [0.717, 1.165) is 36.9 Å². The number of aryl methyl sites for hydroxylation is 1. The van der Waals surface area contributed by atoms with E-state index in [1.165, 1.54) is 24.3 Å². The number of hydrogen-bond donors (Lipinski definition) is 2. The highest BCUT2D eigenvalue weighted by molar-refractivity contribution is 7.89. The van der Waals surface area contributed by atoms with Gasteiger partial charge in [-0.15, -0.1) is 0 Å². The molecular formula is C18H21N5O3S. The van der Waals surface area contributed by atoms with Gasteiger partial charge in [-0.2, -0.15) is 0 Å². The van der Waals surface area contributed by atoms with E-state index in [2.05, 4.69) is 9.97 Å². The maximum atomic E-state index is 13.0. The smallest absolute Gasteiger partial charge is 0.253 e.